The minimum Gasteiger partial charge on any atom is -0.493 e. The van der Waals surface area contributed by atoms with Crippen LogP contribution in [0.1, 0.15) is 58.1 Å². The first-order valence-electron chi connectivity index (χ1n) is 12.9. The lowest BCUT2D eigenvalue weighted by molar-refractivity contribution is -0.179. The molecule has 1 aromatic rings. The van der Waals surface area contributed by atoms with Crippen molar-refractivity contribution < 1.29 is 43.2 Å². The molecule has 2 bridgehead atoms. The van der Waals surface area contributed by atoms with Gasteiger partial charge >= 0.3 is 17.9 Å². The van der Waals surface area contributed by atoms with Crippen LogP contribution in [-0.2, 0) is 40.4 Å². The maximum Gasteiger partial charge on any atom is 0.348 e. The van der Waals surface area contributed by atoms with Crippen molar-refractivity contribution in [3.8, 4) is 11.5 Å². The number of hydrogen-bond acceptors (Lipinski definition) is 10. The SMILES string of the molecule is COc1ccc2c3c1O[C@H]1C(OC(=O)C[C@H](OC(C)=O)C(=O)OC(C)(C)C)=CC[C@@]4(O)[C@H](C2)N(C)CC[C@]314. The number of rotatable bonds is 6. The summed E-state index contributed by atoms with van der Waals surface area (Å²) in [5.41, 5.74) is -0.797. The monoisotopic (exact) mass is 529 g/mol. The number of benzene rings is 1. The van der Waals surface area contributed by atoms with Crippen LogP contribution >= 0.6 is 0 Å². The molecule has 5 rings (SSSR count). The Morgan fingerprint density at radius 2 is 2.00 bits per heavy atom. The van der Waals surface area contributed by atoms with Crippen LogP contribution in [0.2, 0.25) is 0 Å². The van der Waals surface area contributed by atoms with Crippen LogP contribution in [0.4, 0.5) is 0 Å². The summed E-state index contributed by atoms with van der Waals surface area (Å²) >= 11 is 0. The Labute approximate surface area is 221 Å². The predicted octanol–water partition coefficient (Wildman–Crippen LogP) is 2.18. The Balaban J connectivity index is 1.46. The van der Waals surface area contributed by atoms with Gasteiger partial charge in [0.2, 0.25) is 6.10 Å². The highest BCUT2D eigenvalue weighted by Gasteiger charge is 2.72. The zero-order valence-electron chi connectivity index (χ0n) is 22.7. The number of ether oxygens (including phenoxy) is 5. The van der Waals surface area contributed by atoms with E-state index in [9.17, 15) is 19.5 Å². The average molecular weight is 530 g/mol. The Morgan fingerprint density at radius 3 is 2.66 bits per heavy atom. The van der Waals surface area contributed by atoms with E-state index in [1.807, 2.05) is 19.2 Å². The molecule has 0 aromatic heterocycles. The molecule has 0 unspecified atom stereocenters. The van der Waals surface area contributed by atoms with Crippen LogP contribution in [0.3, 0.4) is 0 Å². The molecule has 5 atom stereocenters. The van der Waals surface area contributed by atoms with Gasteiger partial charge in [-0.15, -0.1) is 0 Å². The fraction of sp³-hybridized carbons (Fsp3) is 0.607. The van der Waals surface area contributed by atoms with Crippen LogP contribution < -0.4 is 9.47 Å². The summed E-state index contributed by atoms with van der Waals surface area (Å²) in [6.45, 7) is 6.92. The van der Waals surface area contributed by atoms with Crippen molar-refractivity contribution in [3.63, 3.8) is 0 Å². The average Bonchev–Trinajstić information content (AvgIpc) is 3.17. The summed E-state index contributed by atoms with van der Waals surface area (Å²) in [6, 6.07) is 3.75. The first-order chi connectivity index (χ1) is 17.8. The Bertz CT molecular complexity index is 1220. The van der Waals surface area contributed by atoms with Crippen molar-refractivity contribution in [2.75, 3.05) is 20.7 Å². The number of hydrogen-bond donors (Lipinski definition) is 1. The van der Waals surface area contributed by atoms with Crippen LogP contribution in [-0.4, -0.2) is 78.1 Å². The van der Waals surface area contributed by atoms with Gasteiger partial charge in [0.15, 0.2) is 17.6 Å². The smallest absolute Gasteiger partial charge is 0.348 e. The summed E-state index contributed by atoms with van der Waals surface area (Å²) < 4.78 is 28.3. The van der Waals surface area contributed by atoms with Gasteiger partial charge in [-0.2, -0.15) is 0 Å². The van der Waals surface area contributed by atoms with Crippen molar-refractivity contribution >= 4 is 17.9 Å². The van der Waals surface area contributed by atoms with Crippen molar-refractivity contribution in [1.82, 2.24) is 4.90 Å². The van der Waals surface area contributed by atoms with Crippen LogP contribution in [0.25, 0.3) is 0 Å². The van der Waals surface area contributed by atoms with E-state index in [-0.39, 0.29) is 18.2 Å². The van der Waals surface area contributed by atoms with Gasteiger partial charge in [-0.3, -0.25) is 9.59 Å². The topological polar surface area (TPSA) is 121 Å². The number of likely N-dealkylation sites (tertiary alicyclic amines) is 1. The molecule has 10 heteroatoms. The van der Waals surface area contributed by atoms with Gasteiger partial charge in [0.25, 0.3) is 0 Å². The maximum absolute atomic E-state index is 13.1. The summed E-state index contributed by atoms with van der Waals surface area (Å²) in [6.07, 6.45) is 0.486. The fourth-order valence-electron chi connectivity index (χ4n) is 6.65. The third-order valence-electron chi connectivity index (χ3n) is 8.12. The number of carbonyl (C=O) groups is 3. The number of carbonyl (C=O) groups excluding carboxylic acids is 3. The maximum atomic E-state index is 13.1. The summed E-state index contributed by atoms with van der Waals surface area (Å²) in [5.74, 6) is -0.950. The van der Waals surface area contributed by atoms with E-state index >= 15 is 0 Å². The molecule has 10 nitrogen and oxygen atoms in total. The summed E-state index contributed by atoms with van der Waals surface area (Å²) in [5, 5.41) is 12.3. The highest BCUT2D eigenvalue weighted by Crippen LogP contribution is 2.65. The van der Waals surface area contributed by atoms with E-state index in [4.69, 9.17) is 23.7 Å². The molecule has 0 amide bonds. The van der Waals surface area contributed by atoms with Crippen molar-refractivity contribution in [3.05, 3.63) is 35.1 Å². The largest absolute Gasteiger partial charge is 0.493 e. The molecule has 1 aromatic carbocycles. The third-order valence-corrected chi connectivity index (χ3v) is 8.12. The van der Waals surface area contributed by atoms with Crippen LogP contribution in [0.15, 0.2) is 24.0 Å². The van der Waals surface area contributed by atoms with Gasteiger partial charge in [-0.1, -0.05) is 6.07 Å². The third kappa shape index (κ3) is 3.96. The molecule has 38 heavy (non-hydrogen) atoms. The van der Waals surface area contributed by atoms with Gasteiger partial charge in [-0.25, -0.2) is 4.79 Å². The lowest BCUT2D eigenvalue weighted by atomic mass is 9.50. The summed E-state index contributed by atoms with van der Waals surface area (Å²) in [7, 11) is 3.58. The van der Waals surface area contributed by atoms with E-state index in [1.165, 1.54) is 0 Å². The Kier molecular flexibility index (Phi) is 6.26. The number of esters is 3. The molecule has 1 fully saturated rings. The molecule has 2 aliphatic carbocycles. The molecule has 1 N–H and O–H groups in total. The highest BCUT2D eigenvalue weighted by atomic mass is 16.6. The van der Waals surface area contributed by atoms with Crippen LogP contribution in [0, 0.1) is 0 Å². The first-order valence-corrected chi connectivity index (χ1v) is 12.9. The van der Waals surface area contributed by atoms with E-state index in [0.29, 0.717) is 24.3 Å². The van der Waals surface area contributed by atoms with Crippen LogP contribution in [0.5, 0.6) is 11.5 Å². The Hall–Kier alpha value is -3.11. The van der Waals surface area contributed by atoms with Gasteiger partial charge in [-0.05, 0) is 64.9 Å². The molecular formula is C28H35NO9. The highest BCUT2D eigenvalue weighted by molar-refractivity contribution is 5.84. The minimum absolute atomic E-state index is 0.136. The quantitative estimate of drug-likeness (QED) is 0.434. The molecule has 4 aliphatic rings. The molecule has 206 valence electrons. The van der Waals surface area contributed by atoms with Crippen molar-refractivity contribution in [2.45, 2.75) is 88.2 Å². The van der Waals surface area contributed by atoms with E-state index in [1.54, 1.807) is 34.0 Å². The lowest BCUT2D eigenvalue weighted by Gasteiger charge is -2.61. The molecule has 2 aliphatic heterocycles. The second-order valence-corrected chi connectivity index (χ2v) is 11.6. The predicted molar refractivity (Wildman–Crippen MR) is 134 cm³/mol. The number of piperidine rings is 1. The number of methoxy groups -OCH3 is 1. The van der Waals surface area contributed by atoms with Gasteiger partial charge in [0.1, 0.15) is 11.4 Å². The molecular weight excluding hydrogens is 494 g/mol. The van der Waals surface area contributed by atoms with Gasteiger partial charge in [0, 0.05) is 24.9 Å². The van der Waals surface area contributed by atoms with Gasteiger partial charge in [0.05, 0.1) is 24.5 Å². The number of aliphatic hydroxyl groups is 1. The van der Waals surface area contributed by atoms with Crippen molar-refractivity contribution in [1.29, 1.82) is 0 Å². The standard InChI is InChI=1S/C28H35NO9/c1-15(30)35-19(25(32)38-26(2,3)4)14-21(31)36-18-9-10-28(33)20-13-16-7-8-17(34-6)23-22(16)27(28,24(18)37-23)11-12-29(20)5/h7-9,19-20,24,33H,10-14H2,1-6H3/t19-,20-,24-,27-,28+/m0/s1. The van der Waals surface area contributed by atoms with Gasteiger partial charge < -0.3 is 33.7 Å². The zero-order valence-corrected chi connectivity index (χ0v) is 22.7. The molecule has 0 saturated carbocycles. The Morgan fingerprint density at radius 1 is 1.26 bits per heavy atom. The second kappa shape index (κ2) is 8.98. The molecule has 0 radical (unpaired) electrons. The molecule has 1 saturated heterocycles. The minimum atomic E-state index is -1.45. The number of likely N-dealkylation sites (N-methyl/N-ethyl adjacent to an activating group) is 1. The zero-order chi connectivity index (χ0) is 27.6. The lowest BCUT2D eigenvalue weighted by Crippen LogP contribution is -2.74. The number of nitrogens with zero attached hydrogens (tertiary/aromatic N) is 1. The van der Waals surface area contributed by atoms with E-state index < -0.39 is 53.2 Å². The normalized spacial score (nSPS) is 29.8. The molecule has 1 spiro atoms. The second-order valence-electron chi connectivity index (χ2n) is 11.6. The van der Waals surface area contributed by atoms with E-state index in [0.717, 1.165) is 24.6 Å². The van der Waals surface area contributed by atoms with Crippen molar-refractivity contribution in [2.24, 2.45) is 0 Å². The summed E-state index contributed by atoms with van der Waals surface area (Å²) in [4.78, 5) is 39.6. The fourth-order valence-corrected chi connectivity index (χ4v) is 6.65. The molecule has 2 heterocycles. The first kappa shape index (κ1) is 26.5. The van der Waals surface area contributed by atoms with E-state index in [2.05, 4.69) is 4.90 Å².